The molecule has 0 aliphatic heterocycles. The van der Waals surface area contributed by atoms with Crippen LogP contribution in [0.25, 0.3) is 17.0 Å². The lowest BCUT2D eigenvalue weighted by Gasteiger charge is -2.13. The third kappa shape index (κ3) is 5.70. The van der Waals surface area contributed by atoms with Gasteiger partial charge < -0.3 is 4.90 Å². The van der Waals surface area contributed by atoms with Crippen LogP contribution in [0.15, 0.2) is 72.0 Å². The van der Waals surface area contributed by atoms with E-state index in [1.165, 1.54) is 10.4 Å². The van der Waals surface area contributed by atoms with Gasteiger partial charge in [0, 0.05) is 49.2 Å². The lowest BCUT2D eigenvalue weighted by atomic mass is 10.1. The van der Waals surface area contributed by atoms with Crippen LogP contribution in [-0.4, -0.2) is 35.1 Å². The van der Waals surface area contributed by atoms with Crippen LogP contribution in [-0.2, 0) is 6.18 Å². The molecular formula is C24H22ClF3N4O. The van der Waals surface area contributed by atoms with E-state index < -0.39 is 11.9 Å². The molecule has 0 bridgehead atoms. The van der Waals surface area contributed by atoms with Crippen molar-refractivity contribution in [1.29, 1.82) is 0 Å². The number of halogens is 4. The highest BCUT2D eigenvalue weighted by Crippen LogP contribution is 2.38. The van der Waals surface area contributed by atoms with Gasteiger partial charge in [-0.25, -0.2) is 4.68 Å². The quantitative estimate of drug-likeness (QED) is 0.426. The third-order valence-corrected chi connectivity index (χ3v) is 5.28. The fourth-order valence-corrected chi connectivity index (χ4v) is 3.53. The second-order valence-electron chi connectivity index (χ2n) is 7.55. The fourth-order valence-electron chi connectivity index (χ4n) is 3.20. The van der Waals surface area contributed by atoms with Crippen molar-refractivity contribution in [3.63, 3.8) is 0 Å². The van der Waals surface area contributed by atoms with Gasteiger partial charge in [0.05, 0.1) is 16.4 Å². The van der Waals surface area contributed by atoms with Gasteiger partial charge in [-0.2, -0.15) is 18.3 Å². The van der Waals surface area contributed by atoms with Crippen molar-refractivity contribution < 1.29 is 18.0 Å². The van der Waals surface area contributed by atoms with E-state index in [0.717, 1.165) is 6.07 Å². The highest BCUT2D eigenvalue weighted by molar-refractivity contribution is 6.34. The van der Waals surface area contributed by atoms with E-state index in [9.17, 15) is 18.0 Å². The van der Waals surface area contributed by atoms with E-state index in [4.69, 9.17) is 11.6 Å². The summed E-state index contributed by atoms with van der Waals surface area (Å²) in [5.74, 6) is -0.161. The minimum Gasteiger partial charge on any atom is -0.378 e. The normalized spacial score (nSPS) is 15.3. The number of alkyl halides is 3. The molecule has 4 rings (SSSR count). The van der Waals surface area contributed by atoms with E-state index in [0.29, 0.717) is 28.1 Å². The number of aldehydes is 1. The summed E-state index contributed by atoms with van der Waals surface area (Å²) >= 11 is 6.14. The summed E-state index contributed by atoms with van der Waals surface area (Å²) in [4.78, 5) is 16.7. The number of rotatable bonds is 4. The molecule has 33 heavy (non-hydrogen) atoms. The summed E-state index contributed by atoms with van der Waals surface area (Å²) in [7, 11) is 4.02. The van der Waals surface area contributed by atoms with Crippen LogP contribution in [0.4, 0.5) is 18.9 Å². The SMILES string of the molecule is CC1C=CC(Cl)=C1n1nc(C(F)(F)F)cc1-c1ccc(C=O)cc1.CN(C)c1ccncc1. The Morgan fingerprint density at radius 2 is 1.73 bits per heavy atom. The predicted octanol–water partition coefficient (Wildman–Crippen LogP) is 6.14. The van der Waals surface area contributed by atoms with Crippen molar-refractivity contribution in [2.24, 2.45) is 5.92 Å². The molecule has 0 amide bonds. The molecule has 5 nitrogen and oxygen atoms in total. The zero-order valence-corrected chi connectivity index (χ0v) is 19.0. The highest BCUT2D eigenvalue weighted by atomic mass is 35.5. The summed E-state index contributed by atoms with van der Waals surface area (Å²) in [5, 5.41) is 4.08. The van der Waals surface area contributed by atoms with E-state index in [1.807, 2.05) is 38.1 Å². The molecule has 3 aromatic rings. The number of hydrogen-bond acceptors (Lipinski definition) is 4. The summed E-state index contributed by atoms with van der Waals surface area (Å²) in [5.41, 5.74) is 1.90. The third-order valence-electron chi connectivity index (χ3n) is 4.96. The van der Waals surface area contributed by atoms with Crippen LogP contribution >= 0.6 is 11.6 Å². The van der Waals surface area contributed by atoms with Crippen molar-refractivity contribution >= 4 is 29.3 Å². The number of carbonyl (C=O) groups is 1. The maximum Gasteiger partial charge on any atom is 0.435 e. The molecule has 1 atom stereocenters. The van der Waals surface area contributed by atoms with Gasteiger partial charge in [0.2, 0.25) is 0 Å². The summed E-state index contributed by atoms with van der Waals surface area (Å²) in [6.07, 6.45) is 3.13. The minimum absolute atomic E-state index is 0.161. The summed E-state index contributed by atoms with van der Waals surface area (Å²) < 4.78 is 40.6. The highest BCUT2D eigenvalue weighted by Gasteiger charge is 2.36. The number of allylic oxidation sites excluding steroid dienone is 4. The molecule has 1 unspecified atom stereocenters. The standard InChI is InChI=1S/C17H12ClF3N2O.C7H10N2/c1-10-2-7-13(18)16(10)23-14(8-15(22-23)17(19,20)21)12-5-3-11(9-24)4-6-12;1-9(2)7-3-5-8-6-4-7/h2-10H,1H3;3-6H,1-2H3. The number of carbonyl (C=O) groups excluding carboxylic acids is 1. The lowest BCUT2D eigenvalue weighted by Crippen LogP contribution is -2.10. The maximum absolute atomic E-state index is 13.1. The molecule has 0 spiro atoms. The maximum atomic E-state index is 13.1. The smallest absolute Gasteiger partial charge is 0.378 e. The minimum atomic E-state index is -4.56. The number of pyridine rings is 1. The van der Waals surface area contributed by atoms with Crippen LogP contribution in [0.1, 0.15) is 23.0 Å². The van der Waals surface area contributed by atoms with E-state index in [1.54, 1.807) is 48.8 Å². The molecule has 2 aromatic heterocycles. The molecule has 0 radical (unpaired) electrons. The fraction of sp³-hybridized carbons (Fsp3) is 0.208. The number of benzene rings is 1. The van der Waals surface area contributed by atoms with Crippen molar-refractivity contribution in [2.45, 2.75) is 13.1 Å². The molecule has 2 heterocycles. The second-order valence-corrected chi connectivity index (χ2v) is 7.95. The van der Waals surface area contributed by atoms with Gasteiger partial charge in [-0.3, -0.25) is 9.78 Å². The van der Waals surface area contributed by atoms with Crippen molar-refractivity contribution in [3.05, 3.63) is 83.3 Å². The van der Waals surface area contributed by atoms with Crippen LogP contribution in [0, 0.1) is 5.92 Å². The van der Waals surface area contributed by atoms with Crippen LogP contribution in [0.3, 0.4) is 0 Å². The Morgan fingerprint density at radius 3 is 2.18 bits per heavy atom. The lowest BCUT2D eigenvalue weighted by molar-refractivity contribution is -0.141. The van der Waals surface area contributed by atoms with E-state index >= 15 is 0 Å². The van der Waals surface area contributed by atoms with Crippen molar-refractivity contribution in [1.82, 2.24) is 14.8 Å². The Labute approximate surface area is 194 Å². The van der Waals surface area contributed by atoms with Gasteiger partial charge in [0.15, 0.2) is 5.69 Å². The van der Waals surface area contributed by atoms with Gasteiger partial charge in [-0.05, 0) is 24.3 Å². The van der Waals surface area contributed by atoms with Gasteiger partial charge in [-0.15, -0.1) is 0 Å². The Bertz CT molecular complexity index is 1170. The average molecular weight is 475 g/mol. The van der Waals surface area contributed by atoms with Crippen molar-refractivity contribution in [2.75, 3.05) is 19.0 Å². The van der Waals surface area contributed by atoms with Gasteiger partial charge in [0.1, 0.15) is 6.29 Å². The number of hydrogen-bond donors (Lipinski definition) is 0. The first-order valence-electron chi connectivity index (χ1n) is 10.00. The average Bonchev–Trinajstić information content (AvgIpc) is 3.38. The molecule has 0 N–H and O–H groups in total. The second kappa shape index (κ2) is 10.0. The van der Waals surface area contributed by atoms with E-state index in [2.05, 4.69) is 10.1 Å². The first-order chi connectivity index (χ1) is 15.6. The zero-order chi connectivity index (χ0) is 24.2. The Balaban J connectivity index is 0.000000286. The van der Waals surface area contributed by atoms with Gasteiger partial charge in [-0.1, -0.05) is 48.9 Å². The first-order valence-corrected chi connectivity index (χ1v) is 10.4. The van der Waals surface area contributed by atoms with Crippen LogP contribution in [0.2, 0.25) is 0 Å². The molecule has 0 saturated carbocycles. The molecule has 0 saturated heterocycles. The summed E-state index contributed by atoms with van der Waals surface area (Å²) in [6, 6.07) is 11.2. The number of anilines is 1. The summed E-state index contributed by atoms with van der Waals surface area (Å²) in [6.45, 7) is 1.83. The number of aromatic nitrogens is 3. The van der Waals surface area contributed by atoms with Crippen LogP contribution < -0.4 is 4.90 Å². The Morgan fingerprint density at radius 1 is 1.09 bits per heavy atom. The monoisotopic (exact) mass is 474 g/mol. The van der Waals surface area contributed by atoms with Crippen molar-refractivity contribution in [3.8, 4) is 11.3 Å². The largest absolute Gasteiger partial charge is 0.435 e. The van der Waals surface area contributed by atoms with Crippen LogP contribution in [0.5, 0.6) is 0 Å². The number of nitrogens with zero attached hydrogens (tertiary/aromatic N) is 4. The first kappa shape index (κ1) is 24.3. The molecular weight excluding hydrogens is 453 g/mol. The van der Waals surface area contributed by atoms with E-state index in [-0.39, 0.29) is 11.6 Å². The molecule has 9 heteroatoms. The van der Waals surface area contributed by atoms with Gasteiger partial charge in [0.25, 0.3) is 0 Å². The molecule has 1 aliphatic carbocycles. The predicted molar refractivity (Wildman–Crippen MR) is 124 cm³/mol. The Kier molecular flexibility index (Phi) is 7.38. The van der Waals surface area contributed by atoms with Gasteiger partial charge >= 0.3 is 6.18 Å². The Hall–Kier alpha value is -3.39. The molecule has 172 valence electrons. The topological polar surface area (TPSA) is 51.0 Å². The zero-order valence-electron chi connectivity index (χ0n) is 18.2. The molecule has 1 aromatic carbocycles. The molecule has 1 aliphatic rings. The molecule has 0 fully saturated rings.